The van der Waals surface area contributed by atoms with Crippen LogP contribution >= 0.6 is 8.16 Å². The summed E-state index contributed by atoms with van der Waals surface area (Å²) in [7, 11) is -4.88. The molecule has 0 bridgehead atoms. The zero-order valence-corrected chi connectivity index (χ0v) is 20.8. The molecule has 4 nitrogen and oxygen atoms in total. The number of hydrogen-bond donors (Lipinski definition) is 2. The topological polar surface area (TPSA) is 48.8 Å². The van der Waals surface area contributed by atoms with E-state index in [-0.39, 0.29) is 0 Å². The van der Waals surface area contributed by atoms with Gasteiger partial charge in [-0.05, 0) is 0 Å². The second kappa shape index (κ2) is 7.59. The van der Waals surface area contributed by atoms with Gasteiger partial charge in [0.25, 0.3) is 0 Å². The van der Waals surface area contributed by atoms with E-state index in [1.54, 1.807) is 0 Å². The van der Waals surface area contributed by atoms with Crippen LogP contribution in [0.1, 0.15) is 0 Å². The molecule has 0 aromatic heterocycles. The molecule has 0 saturated heterocycles. The van der Waals surface area contributed by atoms with Gasteiger partial charge in [0.1, 0.15) is 0 Å². The molecule has 0 atom stereocenters. The Kier molecular flexibility index (Phi) is 7.89. The summed E-state index contributed by atoms with van der Waals surface area (Å²) in [6, 6.07) is 0. The molecule has 0 radical (unpaired) electrons. The Morgan fingerprint density at radius 1 is 0.667 bits per heavy atom. The Morgan fingerprint density at radius 2 is 1.05 bits per heavy atom. The molecule has 0 aromatic carbocycles. The van der Waals surface area contributed by atoms with Crippen LogP contribution in [-0.2, 0) is 0 Å². The van der Waals surface area contributed by atoms with E-state index in [0.717, 1.165) is 8.16 Å². The van der Waals surface area contributed by atoms with Crippen LogP contribution < -0.4 is 9.96 Å². The Labute approximate surface area is 137 Å². The van der Waals surface area contributed by atoms with Gasteiger partial charge in [-0.3, -0.25) is 0 Å². The predicted octanol–water partition coefficient (Wildman–Crippen LogP) is 5.05. The van der Waals surface area contributed by atoms with Crippen LogP contribution in [-0.4, -0.2) is 38.7 Å². The molecule has 0 heterocycles. The van der Waals surface area contributed by atoms with Crippen molar-refractivity contribution in [1.29, 1.82) is 0 Å². The fourth-order valence-electron chi connectivity index (χ4n) is 1.58. The molecule has 0 aliphatic carbocycles. The van der Waals surface area contributed by atoms with Crippen molar-refractivity contribution in [3.05, 3.63) is 0 Å². The van der Waals surface area contributed by atoms with Gasteiger partial charge in [0.15, 0.2) is 0 Å². The van der Waals surface area contributed by atoms with Crippen molar-refractivity contribution in [2.45, 2.75) is 77.8 Å². The summed E-state index contributed by atoms with van der Waals surface area (Å²) in [5, 5.41) is 0. The molecule has 0 aliphatic rings. The van der Waals surface area contributed by atoms with E-state index in [2.05, 4.69) is 82.0 Å². The van der Waals surface area contributed by atoms with Gasteiger partial charge in [-0.1, -0.05) is 0 Å². The summed E-state index contributed by atoms with van der Waals surface area (Å²) in [4.78, 5) is 7.79. The third-order valence-electron chi connectivity index (χ3n) is 2.51. The first kappa shape index (κ1) is 21.8. The molecule has 0 saturated carbocycles. The van der Waals surface area contributed by atoms with Crippen LogP contribution in [0.25, 0.3) is 0 Å². The van der Waals surface area contributed by atoms with E-state index in [0.29, 0.717) is 5.79 Å². The summed E-state index contributed by atoms with van der Waals surface area (Å²) in [6.45, 7) is 25.7. The number of nitrogens with one attached hydrogen (secondary N) is 2. The molecule has 0 aliphatic heterocycles. The van der Waals surface area contributed by atoms with Crippen LogP contribution in [0.2, 0.25) is 72.0 Å². The van der Waals surface area contributed by atoms with Crippen LogP contribution in [0.4, 0.5) is 0 Å². The van der Waals surface area contributed by atoms with Gasteiger partial charge in [0, 0.05) is 0 Å². The SMILES string of the molecule is C[Si](C)(C)N=[P+]=N[Si](C)(C)C(N[Si](C)(C)C)N[Si](C)(C)C. The average Bonchev–Trinajstić information content (AvgIpc) is 2.08. The van der Waals surface area contributed by atoms with Crippen molar-refractivity contribution in [2.75, 3.05) is 0 Å². The first-order chi connectivity index (χ1) is 9.02. The van der Waals surface area contributed by atoms with Crippen LogP contribution in [0.3, 0.4) is 0 Å². The van der Waals surface area contributed by atoms with E-state index in [4.69, 9.17) is 8.82 Å². The van der Waals surface area contributed by atoms with Crippen molar-refractivity contribution in [3.63, 3.8) is 0 Å². The summed E-state index contributed by atoms with van der Waals surface area (Å²) >= 11 is 0. The fourth-order valence-corrected chi connectivity index (χ4v) is 12.1. The van der Waals surface area contributed by atoms with E-state index < -0.39 is 32.9 Å². The van der Waals surface area contributed by atoms with Crippen molar-refractivity contribution in [3.8, 4) is 0 Å². The Morgan fingerprint density at radius 3 is 1.33 bits per heavy atom. The number of rotatable bonds is 7. The van der Waals surface area contributed by atoms with Crippen molar-refractivity contribution >= 4 is 41.1 Å². The minimum absolute atomic E-state index is 0.361. The first-order valence-electron chi connectivity index (χ1n) is 7.71. The molecule has 0 rings (SSSR count). The van der Waals surface area contributed by atoms with Gasteiger partial charge in [-0.15, -0.1) is 0 Å². The molecule has 0 amide bonds. The van der Waals surface area contributed by atoms with Gasteiger partial charge < -0.3 is 0 Å². The molecule has 124 valence electrons. The fraction of sp³-hybridized carbons (Fsp3) is 1.00. The van der Waals surface area contributed by atoms with Crippen molar-refractivity contribution < 1.29 is 0 Å². The van der Waals surface area contributed by atoms with E-state index >= 15 is 0 Å². The third-order valence-corrected chi connectivity index (χ3v) is 12.3. The second-order valence-electron chi connectivity index (χ2n) is 9.34. The molecule has 9 heteroatoms. The Hall–Kier alpha value is 0.818. The second-order valence-corrected chi connectivity index (χ2v) is 28.9. The summed E-state index contributed by atoms with van der Waals surface area (Å²) < 4.78 is 9.77. The van der Waals surface area contributed by atoms with Gasteiger partial charge >= 0.3 is 138 Å². The van der Waals surface area contributed by atoms with Crippen LogP contribution in [0.15, 0.2) is 8.82 Å². The monoisotopic (exact) mass is 379 g/mol. The normalized spacial score (nSPS) is 14.3. The van der Waals surface area contributed by atoms with E-state index in [1.165, 1.54) is 0 Å². The molecular weight excluding hydrogens is 343 g/mol. The van der Waals surface area contributed by atoms with Crippen LogP contribution in [0.5, 0.6) is 0 Å². The van der Waals surface area contributed by atoms with E-state index in [9.17, 15) is 0 Å². The Balaban J connectivity index is 5.33. The number of nitrogens with zero attached hydrogens (tertiary/aromatic N) is 2. The average molecular weight is 380 g/mol. The molecule has 0 spiro atoms. The minimum atomic E-state index is -1.76. The first-order valence-corrected chi connectivity index (χ1v) is 22.0. The predicted molar refractivity (Wildman–Crippen MR) is 109 cm³/mol. The molecule has 21 heavy (non-hydrogen) atoms. The van der Waals surface area contributed by atoms with Crippen molar-refractivity contribution in [2.24, 2.45) is 8.82 Å². The molecule has 0 unspecified atom stereocenters. The van der Waals surface area contributed by atoms with Crippen LogP contribution in [0, 0.1) is 0 Å². The molecular formula is C12H36N4PSi4+. The summed E-state index contributed by atoms with van der Waals surface area (Å²) in [5.74, 6) is 0.361. The van der Waals surface area contributed by atoms with Gasteiger partial charge in [0.05, 0.1) is 0 Å². The molecule has 2 N–H and O–H groups in total. The van der Waals surface area contributed by atoms with Gasteiger partial charge in [-0.25, -0.2) is 0 Å². The zero-order valence-electron chi connectivity index (χ0n) is 15.9. The number of hydrogen-bond acceptors (Lipinski definition) is 4. The molecule has 0 fully saturated rings. The van der Waals surface area contributed by atoms with Crippen molar-refractivity contribution in [1.82, 2.24) is 9.96 Å². The molecule has 0 aromatic rings. The summed E-state index contributed by atoms with van der Waals surface area (Å²) in [5.41, 5.74) is 0. The van der Waals surface area contributed by atoms with Gasteiger partial charge in [0.2, 0.25) is 0 Å². The van der Waals surface area contributed by atoms with E-state index in [1.807, 2.05) is 0 Å². The maximum absolute atomic E-state index is 5.01. The maximum atomic E-state index is 5.01. The quantitative estimate of drug-likeness (QED) is 0.369. The standard InChI is InChI=1S/C12H36N4PSi4/c1-18(2,3)13-12(14-19(4,5)6)21(10,11)16-17-15-20(7,8)9/h12-14H,1-11H3/q+1. The summed E-state index contributed by atoms with van der Waals surface area (Å²) in [6.07, 6.45) is 0. The third kappa shape index (κ3) is 12.0. The zero-order chi connectivity index (χ0) is 17.1. The van der Waals surface area contributed by atoms with Gasteiger partial charge in [-0.2, -0.15) is 0 Å². The Bertz CT molecular complexity index is 385.